The average Bonchev–Trinajstić information content (AvgIpc) is 3.33. The zero-order valence-electron chi connectivity index (χ0n) is 15.6. The van der Waals surface area contributed by atoms with Gasteiger partial charge in [-0.25, -0.2) is 0 Å². The summed E-state index contributed by atoms with van der Waals surface area (Å²) < 4.78 is 2.07. The van der Waals surface area contributed by atoms with E-state index in [-0.39, 0.29) is 17.1 Å². The maximum absolute atomic E-state index is 12.8. The lowest BCUT2D eigenvalue weighted by Crippen LogP contribution is -2.35. The average molecular weight is 402 g/mol. The number of rotatable bonds is 8. The number of aromatic nitrogens is 4. The number of hydrogen-bond donors (Lipinski definition) is 1. The van der Waals surface area contributed by atoms with E-state index in [1.165, 1.54) is 11.8 Å². The molecule has 0 aromatic carbocycles. The zero-order chi connectivity index (χ0) is 19.2. The van der Waals surface area contributed by atoms with E-state index in [1.54, 1.807) is 23.7 Å². The normalized spacial score (nSPS) is 12.3. The number of hydrogen-bond acceptors (Lipinski definition) is 6. The van der Waals surface area contributed by atoms with E-state index in [1.807, 2.05) is 43.5 Å². The molecule has 142 valence electrons. The van der Waals surface area contributed by atoms with E-state index < -0.39 is 0 Å². The number of pyridine rings is 1. The van der Waals surface area contributed by atoms with Crippen molar-refractivity contribution < 1.29 is 4.79 Å². The molecular weight excluding hydrogens is 378 g/mol. The first kappa shape index (κ1) is 19.6. The summed E-state index contributed by atoms with van der Waals surface area (Å²) in [5.41, 5.74) is 0.982. The fraction of sp³-hybridized carbons (Fsp3) is 0.368. The van der Waals surface area contributed by atoms with Crippen molar-refractivity contribution in [1.29, 1.82) is 0 Å². The van der Waals surface area contributed by atoms with Gasteiger partial charge in [-0.05, 0) is 35.9 Å². The van der Waals surface area contributed by atoms with Crippen LogP contribution in [-0.2, 0) is 17.9 Å². The molecular formula is C19H23N5OS2. The lowest BCUT2D eigenvalue weighted by Gasteiger charge is -2.19. The van der Waals surface area contributed by atoms with Gasteiger partial charge >= 0.3 is 0 Å². The Morgan fingerprint density at radius 1 is 1.30 bits per heavy atom. The van der Waals surface area contributed by atoms with E-state index in [0.29, 0.717) is 6.54 Å². The predicted molar refractivity (Wildman–Crippen MR) is 110 cm³/mol. The molecule has 1 atom stereocenters. The molecule has 0 unspecified atom stereocenters. The van der Waals surface area contributed by atoms with Gasteiger partial charge in [0.25, 0.3) is 0 Å². The molecule has 0 aliphatic heterocycles. The molecule has 3 heterocycles. The summed E-state index contributed by atoms with van der Waals surface area (Å²) >= 11 is 3.11. The van der Waals surface area contributed by atoms with Gasteiger partial charge in [0.05, 0.1) is 10.1 Å². The minimum Gasteiger partial charge on any atom is -0.351 e. The minimum atomic E-state index is -0.243. The number of thioether (sulfide) groups is 1. The summed E-state index contributed by atoms with van der Waals surface area (Å²) in [5, 5.41) is 14.3. The molecule has 1 N–H and O–H groups in total. The predicted octanol–water partition coefficient (Wildman–Crippen LogP) is 3.85. The first-order valence-electron chi connectivity index (χ1n) is 8.90. The Balaban J connectivity index is 1.73. The van der Waals surface area contributed by atoms with Crippen LogP contribution in [0.5, 0.6) is 0 Å². The zero-order valence-corrected chi connectivity index (χ0v) is 17.3. The molecule has 0 radical (unpaired) electrons. The summed E-state index contributed by atoms with van der Waals surface area (Å²) in [6, 6.07) is 7.86. The van der Waals surface area contributed by atoms with Crippen molar-refractivity contribution in [3.8, 4) is 10.7 Å². The molecule has 0 saturated heterocycles. The smallest absolute Gasteiger partial charge is 0.234 e. The maximum Gasteiger partial charge on any atom is 0.234 e. The Morgan fingerprint density at radius 3 is 2.78 bits per heavy atom. The number of amides is 1. The fourth-order valence-corrected chi connectivity index (χ4v) is 4.49. The number of thiophene rings is 1. The highest BCUT2D eigenvalue weighted by Gasteiger charge is 2.26. The van der Waals surface area contributed by atoms with E-state index in [9.17, 15) is 4.79 Å². The van der Waals surface area contributed by atoms with Crippen LogP contribution in [-0.4, -0.2) is 30.9 Å². The lowest BCUT2D eigenvalue weighted by molar-refractivity contribution is -0.121. The van der Waals surface area contributed by atoms with Crippen LogP contribution in [0.15, 0.2) is 47.2 Å². The number of nitrogens with one attached hydrogen (secondary N) is 1. The van der Waals surface area contributed by atoms with Crippen molar-refractivity contribution in [2.45, 2.75) is 44.3 Å². The highest BCUT2D eigenvalue weighted by atomic mass is 32.2. The Labute approximate surface area is 167 Å². The third-order valence-corrected chi connectivity index (χ3v) is 6.45. The molecule has 0 saturated carbocycles. The molecule has 1 amide bonds. The maximum atomic E-state index is 12.8. The van der Waals surface area contributed by atoms with Crippen LogP contribution in [0.2, 0.25) is 0 Å². The second-order valence-corrected chi connectivity index (χ2v) is 8.45. The third kappa shape index (κ3) is 4.75. The van der Waals surface area contributed by atoms with Crippen LogP contribution in [0.25, 0.3) is 10.7 Å². The van der Waals surface area contributed by atoms with Crippen molar-refractivity contribution in [3.63, 3.8) is 0 Å². The Kier molecular flexibility index (Phi) is 6.63. The van der Waals surface area contributed by atoms with Crippen LogP contribution in [0, 0.1) is 5.92 Å². The largest absolute Gasteiger partial charge is 0.351 e. The van der Waals surface area contributed by atoms with E-state index >= 15 is 0 Å². The van der Waals surface area contributed by atoms with Gasteiger partial charge in [-0.1, -0.05) is 37.7 Å². The second-order valence-electron chi connectivity index (χ2n) is 6.39. The highest BCUT2D eigenvalue weighted by molar-refractivity contribution is 8.00. The molecule has 0 bridgehead atoms. The van der Waals surface area contributed by atoms with Crippen LogP contribution in [0.1, 0.15) is 26.3 Å². The Hall–Kier alpha value is -2.19. The SMILES string of the molecule is CCn1c(S[C@H](C(=O)NCc2cccnc2)C(C)C)nnc1-c1cccs1. The standard InChI is InChI=1S/C19H23N5OS2/c1-4-24-17(15-8-6-10-26-15)22-23-19(24)27-16(13(2)3)18(25)21-12-14-7-5-9-20-11-14/h5-11,13,16H,4,12H2,1-3H3,(H,21,25)/t16-/m0/s1. The van der Waals surface area contributed by atoms with Crippen LogP contribution in [0.3, 0.4) is 0 Å². The molecule has 6 nitrogen and oxygen atoms in total. The highest BCUT2D eigenvalue weighted by Crippen LogP contribution is 2.31. The molecule has 0 aliphatic carbocycles. The van der Waals surface area contributed by atoms with Gasteiger partial charge in [0.15, 0.2) is 11.0 Å². The van der Waals surface area contributed by atoms with Crippen molar-refractivity contribution in [2.75, 3.05) is 0 Å². The lowest BCUT2D eigenvalue weighted by atomic mass is 10.1. The van der Waals surface area contributed by atoms with E-state index in [0.717, 1.165) is 28.0 Å². The summed E-state index contributed by atoms with van der Waals surface area (Å²) in [6.45, 7) is 7.39. The Morgan fingerprint density at radius 2 is 2.15 bits per heavy atom. The number of carbonyl (C=O) groups excluding carboxylic acids is 1. The van der Waals surface area contributed by atoms with Crippen molar-refractivity contribution in [2.24, 2.45) is 5.92 Å². The van der Waals surface area contributed by atoms with E-state index in [4.69, 9.17) is 0 Å². The fourth-order valence-electron chi connectivity index (χ4n) is 2.65. The monoisotopic (exact) mass is 401 g/mol. The first-order chi connectivity index (χ1) is 13.1. The summed E-state index contributed by atoms with van der Waals surface area (Å²) in [5.74, 6) is 1.02. The molecule has 3 aromatic rings. The van der Waals surface area contributed by atoms with Gasteiger partial charge in [0.2, 0.25) is 5.91 Å². The summed E-state index contributed by atoms with van der Waals surface area (Å²) in [4.78, 5) is 18.0. The second kappa shape index (κ2) is 9.14. The van der Waals surface area contributed by atoms with Crippen molar-refractivity contribution >= 4 is 29.0 Å². The molecule has 0 fully saturated rings. The van der Waals surface area contributed by atoms with Crippen LogP contribution in [0.4, 0.5) is 0 Å². The van der Waals surface area contributed by atoms with Crippen molar-refractivity contribution in [3.05, 3.63) is 47.6 Å². The molecule has 3 aromatic heterocycles. The van der Waals surface area contributed by atoms with E-state index in [2.05, 4.69) is 32.0 Å². The topological polar surface area (TPSA) is 72.7 Å². The quantitative estimate of drug-likeness (QED) is 0.580. The molecule has 0 aliphatic rings. The van der Waals surface area contributed by atoms with Gasteiger partial charge in [-0.2, -0.15) is 0 Å². The Bertz CT molecular complexity index is 862. The first-order valence-corrected chi connectivity index (χ1v) is 10.7. The van der Waals surface area contributed by atoms with Gasteiger partial charge in [0.1, 0.15) is 0 Å². The number of carbonyl (C=O) groups is 1. The van der Waals surface area contributed by atoms with Crippen LogP contribution < -0.4 is 5.32 Å². The number of nitrogens with zero attached hydrogens (tertiary/aromatic N) is 4. The molecule has 27 heavy (non-hydrogen) atoms. The summed E-state index contributed by atoms with van der Waals surface area (Å²) in [7, 11) is 0. The molecule has 3 rings (SSSR count). The molecule has 8 heteroatoms. The van der Waals surface area contributed by atoms with Gasteiger partial charge in [-0.3, -0.25) is 9.78 Å². The van der Waals surface area contributed by atoms with Gasteiger partial charge in [0, 0.05) is 25.5 Å². The molecule has 0 spiro atoms. The van der Waals surface area contributed by atoms with Crippen LogP contribution >= 0.6 is 23.1 Å². The minimum absolute atomic E-state index is 0.00202. The summed E-state index contributed by atoms with van der Waals surface area (Å²) in [6.07, 6.45) is 3.49. The van der Waals surface area contributed by atoms with Gasteiger partial charge in [-0.15, -0.1) is 21.5 Å². The van der Waals surface area contributed by atoms with Crippen molar-refractivity contribution in [1.82, 2.24) is 25.1 Å². The third-order valence-electron chi connectivity index (χ3n) is 4.06. The van der Waals surface area contributed by atoms with Gasteiger partial charge < -0.3 is 9.88 Å².